The second kappa shape index (κ2) is 13.6. The molecular weight excluding hydrogens is 353 g/mol. The molecule has 0 fully saturated rings. The summed E-state index contributed by atoms with van der Waals surface area (Å²) in [5, 5.41) is 2.69. The zero-order valence-corrected chi connectivity index (χ0v) is 18.5. The van der Waals surface area contributed by atoms with Gasteiger partial charge in [0.1, 0.15) is 11.6 Å². The van der Waals surface area contributed by atoms with E-state index in [1.54, 1.807) is 6.07 Å². The first kappa shape index (κ1) is 24.5. The molecule has 160 valence electrons. The van der Waals surface area contributed by atoms with E-state index in [4.69, 9.17) is 4.74 Å². The molecule has 0 aliphatic rings. The van der Waals surface area contributed by atoms with Crippen LogP contribution in [0.3, 0.4) is 0 Å². The van der Waals surface area contributed by atoms with E-state index in [0.717, 1.165) is 37.0 Å². The Morgan fingerprint density at radius 3 is 2.46 bits per heavy atom. The van der Waals surface area contributed by atoms with Crippen molar-refractivity contribution in [2.24, 2.45) is 17.8 Å². The Morgan fingerprint density at radius 2 is 1.86 bits per heavy atom. The van der Waals surface area contributed by atoms with Crippen molar-refractivity contribution < 1.29 is 13.9 Å². The lowest BCUT2D eigenvalue weighted by molar-refractivity contribution is 0.0949. The molecule has 0 bridgehead atoms. The Labute approximate surface area is 171 Å². The highest BCUT2D eigenvalue weighted by molar-refractivity contribution is 5.94. The molecule has 2 atom stereocenters. The zero-order valence-electron chi connectivity index (χ0n) is 18.5. The number of benzene rings is 1. The van der Waals surface area contributed by atoms with Crippen molar-refractivity contribution in [3.8, 4) is 5.75 Å². The molecular formula is C24H40FNO2. The molecule has 0 heterocycles. The Hall–Kier alpha value is -1.58. The molecule has 1 amide bonds. The SMILES string of the molecule is CCCNC(=O)c1ccc(OCCCC(CCC)CC(C)CC(C)C)cc1F. The first-order valence-corrected chi connectivity index (χ1v) is 11.1. The van der Waals surface area contributed by atoms with Gasteiger partial charge in [-0.3, -0.25) is 4.79 Å². The molecule has 2 unspecified atom stereocenters. The van der Waals surface area contributed by atoms with Gasteiger partial charge in [0.25, 0.3) is 5.91 Å². The van der Waals surface area contributed by atoms with E-state index >= 15 is 0 Å². The molecule has 0 aliphatic carbocycles. The van der Waals surface area contributed by atoms with Crippen molar-refractivity contribution in [2.45, 2.75) is 79.6 Å². The van der Waals surface area contributed by atoms with Gasteiger partial charge in [-0.25, -0.2) is 4.39 Å². The van der Waals surface area contributed by atoms with E-state index in [1.807, 2.05) is 6.92 Å². The molecule has 0 aliphatic heterocycles. The third kappa shape index (κ3) is 9.57. The molecule has 4 heteroatoms. The van der Waals surface area contributed by atoms with E-state index in [-0.39, 0.29) is 11.5 Å². The van der Waals surface area contributed by atoms with Gasteiger partial charge in [0.05, 0.1) is 12.2 Å². The van der Waals surface area contributed by atoms with Crippen LogP contribution in [0.2, 0.25) is 0 Å². The molecule has 1 rings (SSSR count). The molecule has 0 radical (unpaired) electrons. The fourth-order valence-corrected chi connectivity index (χ4v) is 3.92. The lowest BCUT2D eigenvalue weighted by Crippen LogP contribution is -2.24. The molecule has 28 heavy (non-hydrogen) atoms. The molecule has 0 saturated carbocycles. The first-order valence-electron chi connectivity index (χ1n) is 11.1. The number of ether oxygens (including phenoxy) is 1. The minimum atomic E-state index is -0.530. The smallest absolute Gasteiger partial charge is 0.254 e. The summed E-state index contributed by atoms with van der Waals surface area (Å²) in [4.78, 5) is 11.9. The standard InChI is InChI=1S/C24H40FNO2/c1-6-9-20(16-19(5)15-18(3)4)10-8-14-28-21-11-12-22(23(25)17-21)24(27)26-13-7-2/h11-12,17-20H,6-10,13-16H2,1-5H3,(H,26,27). The molecule has 0 spiro atoms. The van der Waals surface area contributed by atoms with Crippen LogP contribution in [0.1, 0.15) is 89.9 Å². The number of nitrogens with one attached hydrogen (secondary N) is 1. The van der Waals surface area contributed by atoms with Gasteiger partial charge >= 0.3 is 0 Å². The summed E-state index contributed by atoms with van der Waals surface area (Å²) in [5.41, 5.74) is 0.0722. The third-order valence-corrected chi connectivity index (χ3v) is 5.05. The highest BCUT2D eigenvalue weighted by Gasteiger charge is 2.15. The zero-order chi connectivity index (χ0) is 20.9. The monoisotopic (exact) mass is 393 g/mol. The van der Waals surface area contributed by atoms with Gasteiger partial charge in [0.15, 0.2) is 0 Å². The van der Waals surface area contributed by atoms with Crippen molar-refractivity contribution >= 4 is 5.91 Å². The van der Waals surface area contributed by atoms with E-state index < -0.39 is 5.82 Å². The van der Waals surface area contributed by atoms with Crippen LogP contribution in [0.25, 0.3) is 0 Å². The average molecular weight is 394 g/mol. The van der Waals surface area contributed by atoms with Crippen LogP contribution in [0, 0.1) is 23.6 Å². The van der Waals surface area contributed by atoms with Crippen LogP contribution in [-0.2, 0) is 0 Å². The van der Waals surface area contributed by atoms with E-state index in [1.165, 1.54) is 37.8 Å². The summed E-state index contributed by atoms with van der Waals surface area (Å²) in [5.74, 6) is 1.84. The van der Waals surface area contributed by atoms with Crippen molar-refractivity contribution in [1.29, 1.82) is 0 Å². The molecule has 1 N–H and O–H groups in total. The minimum Gasteiger partial charge on any atom is -0.493 e. The topological polar surface area (TPSA) is 38.3 Å². The lowest BCUT2D eigenvalue weighted by atomic mass is 9.85. The normalized spacial score (nSPS) is 13.4. The van der Waals surface area contributed by atoms with Gasteiger partial charge in [-0.05, 0) is 62.0 Å². The second-order valence-corrected chi connectivity index (χ2v) is 8.51. The fraction of sp³-hybridized carbons (Fsp3) is 0.708. The number of rotatable bonds is 14. The Kier molecular flexibility index (Phi) is 11.9. The van der Waals surface area contributed by atoms with Crippen LogP contribution in [0.4, 0.5) is 4.39 Å². The van der Waals surface area contributed by atoms with Crippen LogP contribution in [0.5, 0.6) is 5.75 Å². The first-order chi connectivity index (χ1) is 13.4. The van der Waals surface area contributed by atoms with E-state index in [0.29, 0.717) is 18.9 Å². The van der Waals surface area contributed by atoms with Gasteiger partial charge in [0.2, 0.25) is 0 Å². The van der Waals surface area contributed by atoms with Crippen LogP contribution >= 0.6 is 0 Å². The largest absolute Gasteiger partial charge is 0.493 e. The van der Waals surface area contributed by atoms with Crippen molar-refractivity contribution in [3.63, 3.8) is 0 Å². The summed E-state index contributed by atoms with van der Waals surface area (Å²) in [6, 6.07) is 4.50. The summed E-state index contributed by atoms with van der Waals surface area (Å²) in [7, 11) is 0. The number of amides is 1. The van der Waals surface area contributed by atoms with Gasteiger partial charge < -0.3 is 10.1 Å². The van der Waals surface area contributed by atoms with Gasteiger partial charge in [-0.15, -0.1) is 0 Å². The number of hydrogen-bond donors (Lipinski definition) is 1. The van der Waals surface area contributed by atoms with Gasteiger partial charge in [-0.1, -0.05) is 47.5 Å². The number of carbonyl (C=O) groups excluding carboxylic acids is 1. The van der Waals surface area contributed by atoms with Gasteiger partial charge in [-0.2, -0.15) is 0 Å². The minimum absolute atomic E-state index is 0.0722. The Morgan fingerprint density at radius 1 is 1.11 bits per heavy atom. The summed E-state index contributed by atoms with van der Waals surface area (Å²) >= 11 is 0. The summed E-state index contributed by atoms with van der Waals surface area (Å²) in [6.07, 6.45) is 7.99. The van der Waals surface area contributed by atoms with Crippen LogP contribution < -0.4 is 10.1 Å². The molecule has 0 saturated heterocycles. The highest BCUT2D eigenvalue weighted by atomic mass is 19.1. The Bertz CT molecular complexity index is 574. The van der Waals surface area contributed by atoms with Gasteiger partial charge in [0, 0.05) is 12.6 Å². The molecule has 3 nitrogen and oxygen atoms in total. The third-order valence-electron chi connectivity index (χ3n) is 5.05. The maximum absolute atomic E-state index is 14.2. The van der Waals surface area contributed by atoms with Crippen LogP contribution in [-0.4, -0.2) is 19.1 Å². The maximum atomic E-state index is 14.2. The fourth-order valence-electron chi connectivity index (χ4n) is 3.92. The van der Waals surface area contributed by atoms with E-state index in [9.17, 15) is 9.18 Å². The summed E-state index contributed by atoms with van der Waals surface area (Å²) in [6.45, 7) is 12.3. The average Bonchev–Trinajstić information content (AvgIpc) is 2.62. The summed E-state index contributed by atoms with van der Waals surface area (Å²) < 4.78 is 19.9. The lowest BCUT2D eigenvalue weighted by Gasteiger charge is -2.22. The molecule has 1 aromatic carbocycles. The predicted molar refractivity (Wildman–Crippen MR) is 115 cm³/mol. The number of carbonyl (C=O) groups is 1. The Balaban J connectivity index is 2.44. The van der Waals surface area contributed by atoms with Crippen LogP contribution in [0.15, 0.2) is 18.2 Å². The predicted octanol–water partition coefficient (Wildman–Crippen LogP) is 6.61. The van der Waals surface area contributed by atoms with Crippen molar-refractivity contribution in [1.82, 2.24) is 5.32 Å². The second-order valence-electron chi connectivity index (χ2n) is 8.51. The molecule has 1 aromatic rings. The van der Waals surface area contributed by atoms with Crippen molar-refractivity contribution in [3.05, 3.63) is 29.6 Å². The number of halogens is 1. The molecule has 0 aromatic heterocycles. The quantitative estimate of drug-likeness (QED) is 0.361. The maximum Gasteiger partial charge on any atom is 0.254 e. The van der Waals surface area contributed by atoms with Crippen molar-refractivity contribution in [2.75, 3.05) is 13.2 Å². The highest BCUT2D eigenvalue weighted by Crippen LogP contribution is 2.26. The number of hydrogen-bond acceptors (Lipinski definition) is 2. The van der Waals surface area contributed by atoms with E-state index in [2.05, 4.69) is 33.0 Å².